The highest BCUT2D eigenvalue weighted by atomic mass is 32.1. The van der Waals surface area contributed by atoms with E-state index in [1.54, 1.807) is 11.3 Å². The lowest BCUT2D eigenvalue weighted by molar-refractivity contribution is 1.34. The Bertz CT molecular complexity index is 231. The summed E-state index contributed by atoms with van der Waals surface area (Å²) in [5.74, 6) is 0. The molecule has 1 aromatic rings. The van der Waals surface area contributed by atoms with Crippen LogP contribution in [0.3, 0.4) is 0 Å². The number of thiophene rings is 1. The summed E-state index contributed by atoms with van der Waals surface area (Å²) in [6, 6.07) is 4.06. The van der Waals surface area contributed by atoms with Crippen LogP contribution >= 0.6 is 11.3 Å². The minimum atomic E-state index is 0.540. The molecule has 0 aliphatic heterocycles. The van der Waals surface area contributed by atoms with Crippen LogP contribution < -0.4 is 0 Å². The van der Waals surface area contributed by atoms with E-state index >= 15 is 0 Å². The maximum Gasteiger partial charge on any atom is 0.248 e. The highest BCUT2D eigenvalue weighted by Gasteiger charge is 1.95. The molecule has 0 N–H and O–H groups in total. The van der Waals surface area contributed by atoms with Crippen molar-refractivity contribution in [2.45, 2.75) is 13.5 Å². The van der Waals surface area contributed by atoms with E-state index in [1.165, 1.54) is 9.75 Å². The first-order valence-electron chi connectivity index (χ1n) is 2.71. The van der Waals surface area contributed by atoms with Crippen LogP contribution in [0.2, 0.25) is 0 Å². The zero-order chi connectivity index (χ0) is 6.69. The van der Waals surface area contributed by atoms with E-state index in [2.05, 4.69) is 11.8 Å². The fraction of sp³-hybridized carbons (Fsp3) is 0.286. The van der Waals surface area contributed by atoms with E-state index < -0.39 is 0 Å². The van der Waals surface area contributed by atoms with Gasteiger partial charge in [0.2, 0.25) is 6.54 Å². The first-order chi connectivity index (χ1) is 4.33. The van der Waals surface area contributed by atoms with Crippen LogP contribution in [-0.2, 0) is 6.54 Å². The van der Waals surface area contributed by atoms with Crippen molar-refractivity contribution >= 4 is 11.3 Å². The predicted molar refractivity (Wildman–Crippen MR) is 39.4 cm³/mol. The Labute approximate surface area is 58.8 Å². The Morgan fingerprint density at radius 3 is 2.89 bits per heavy atom. The SMILES string of the molecule is [C-]#[N+]Cc1ccc(C)s1. The number of aryl methyl sites for hydroxylation is 1. The lowest BCUT2D eigenvalue weighted by Gasteiger charge is -1.76. The molecule has 0 aliphatic carbocycles. The largest absolute Gasteiger partial charge is 0.311 e. The van der Waals surface area contributed by atoms with Crippen LogP contribution in [0.4, 0.5) is 0 Å². The van der Waals surface area contributed by atoms with Gasteiger partial charge in [-0.05, 0) is 19.1 Å². The lowest BCUT2D eigenvalue weighted by atomic mass is 10.4. The molecule has 0 spiro atoms. The molecule has 0 amide bonds. The van der Waals surface area contributed by atoms with E-state index in [4.69, 9.17) is 6.57 Å². The molecule has 0 unspecified atom stereocenters. The third kappa shape index (κ3) is 1.55. The molecule has 1 rings (SSSR count). The third-order valence-corrected chi connectivity index (χ3v) is 2.02. The van der Waals surface area contributed by atoms with Gasteiger partial charge in [0.1, 0.15) is 0 Å². The smallest absolute Gasteiger partial charge is 0.248 e. The summed E-state index contributed by atoms with van der Waals surface area (Å²) < 4.78 is 0. The van der Waals surface area contributed by atoms with Crippen LogP contribution in [0, 0.1) is 13.5 Å². The number of hydrogen-bond donors (Lipinski definition) is 0. The fourth-order valence-electron chi connectivity index (χ4n) is 0.648. The van der Waals surface area contributed by atoms with Gasteiger partial charge in [-0.25, -0.2) is 6.57 Å². The second kappa shape index (κ2) is 2.65. The average molecular weight is 137 g/mol. The van der Waals surface area contributed by atoms with Gasteiger partial charge in [-0.2, -0.15) is 0 Å². The van der Waals surface area contributed by atoms with Crippen molar-refractivity contribution < 1.29 is 0 Å². The van der Waals surface area contributed by atoms with Crippen LogP contribution in [0.1, 0.15) is 9.75 Å². The molecule has 2 heteroatoms. The van der Waals surface area contributed by atoms with Gasteiger partial charge in [-0.15, -0.1) is 11.3 Å². The van der Waals surface area contributed by atoms with Crippen molar-refractivity contribution in [1.29, 1.82) is 0 Å². The standard InChI is InChI=1S/C7H7NS/c1-6-3-4-7(9-6)5-8-2/h3-4H,5H2,1H3. The summed E-state index contributed by atoms with van der Waals surface area (Å²) in [5.41, 5.74) is 0. The van der Waals surface area contributed by atoms with Crippen LogP contribution in [0.15, 0.2) is 12.1 Å². The molecular weight excluding hydrogens is 130 g/mol. The van der Waals surface area contributed by atoms with Gasteiger partial charge in [-0.3, -0.25) is 0 Å². The minimum absolute atomic E-state index is 0.540. The number of nitrogens with zero attached hydrogens (tertiary/aromatic N) is 1. The summed E-state index contributed by atoms with van der Waals surface area (Å²) in [7, 11) is 0. The normalized spacial score (nSPS) is 8.89. The third-order valence-electron chi connectivity index (χ3n) is 1.03. The number of hydrogen-bond acceptors (Lipinski definition) is 1. The van der Waals surface area contributed by atoms with Gasteiger partial charge >= 0.3 is 0 Å². The maximum absolute atomic E-state index is 6.58. The van der Waals surface area contributed by atoms with E-state index in [0.29, 0.717) is 6.54 Å². The van der Waals surface area contributed by atoms with Crippen molar-refractivity contribution in [3.8, 4) is 0 Å². The quantitative estimate of drug-likeness (QED) is 0.524. The lowest BCUT2D eigenvalue weighted by Crippen LogP contribution is -1.64. The Kier molecular flexibility index (Phi) is 1.86. The molecule has 0 atom stereocenters. The molecular formula is C7H7NS. The molecule has 1 nitrogen and oxygen atoms in total. The zero-order valence-corrected chi connectivity index (χ0v) is 6.03. The molecule has 1 aromatic heterocycles. The second-order valence-electron chi connectivity index (χ2n) is 1.83. The average Bonchev–Trinajstić information content (AvgIpc) is 2.17. The van der Waals surface area contributed by atoms with Crippen molar-refractivity contribution in [2.24, 2.45) is 0 Å². The van der Waals surface area contributed by atoms with Crippen molar-refractivity contribution in [1.82, 2.24) is 0 Å². The zero-order valence-electron chi connectivity index (χ0n) is 5.22. The molecule has 0 saturated carbocycles. The molecule has 0 saturated heterocycles. The molecule has 0 aliphatic rings. The van der Waals surface area contributed by atoms with Gasteiger partial charge in [0.25, 0.3) is 0 Å². The van der Waals surface area contributed by atoms with Crippen LogP contribution in [0.5, 0.6) is 0 Å². The second-order valence-corrected chi connectivity index (χ2v) is 3.20. The summed E-state index contributed by atoms with van der Waals surface area (Å²) in [5, 5.41) is 0. The molecule has 9 heavy (non-hydrogen) atoms. The van der Waals surface area contributed by atoms with Crippen molar-refractivity contribution in [3.05, 3.63) is 33.3 Å². The van der Waals surface area contributed by atoms with E-state index in [0.717, 1.165) is 0 Å². The molecule has 46 valence electrons. The Morgan fingerprint density at radius 2 is 2.44 bits per heavy atom. The molecule has 0 bridgehead atoms. The van der Waals surface area contributed by atoms with Crippen LogP contribution in [-0.4, -0.2) is 0 Å². The predicted octanol–water partition coefficient (Wildman–Crippen LogP) is 2.48. The molecule has 0 aromatic carbocycles. The summed E-state index contributed by atoms with van der Waals surface area (Å²) in [4.78, 5) is 5.73. The van der Waals surface area contributed by atoms with Gasteiger partial charge in [0.05, 0.1) is 4.88 Å². The Morgan fingerprint density at radius 1 is 1.67 bits per heavy atom. The summed E-state index contributed by atoms with van der Waals surface area (Å²) in [6.07, 6.45) is 0. The van der Waals surface area contributed by atoms with E-state index in [-0.39, 0.29) is 0 Å². The minimum Gasteiger partial charge on any atom is -0.311 e. The number of rotatable bonds is 1. The Balaban J connectivity index is 2.76. The topological polar surface area (TPSA) is 4.36 Å². The summed E-state index contributed by atoms with van der Waals surface area (Å²) >= 11 is 1.70. The Hall–Kier alpha value is -0.810. The maximum atomic E-state index is 6.58. The van der Waals surface area contributed by atoms with Crippen molar-refractivity contribution in [3.63, 3.8) is 0 Å². The molecule has 0 fully saturated rings. The monoisotopic (exact) mass is 137 g/mol. The van der Waals surface area contributed by atoms with Gasteiger partial charge in [-0.1, -0.05) is 0 Å². The van der Waals surface area contributed by atoms with Crippen LogP contribution in [0.25, 0.3) is 4.85 Å². The molecule has 0 radical (unpaired) electrons. The summed E-state index contributed by atoms with van der Waals surface area (Å²) in [6.45, 7) is 9.17. The highest BCUT2D eigenvalue weighted by Crippen LogP contribution is 2.15. The van der Waals surface area contributed by atoms with E-state index in [9.17, 15) is 0 Å². The molecule has 1 heterocycles. The van der Waals surface area contributed by atoms with Gasteiger partial charge in [0, 0.05) is 4.88 Å². The first-order valence-corrected chi connectivity index (χ1v) is 3.53. The van der Waals surface area contributed by atoms with Crippen molar-refractivity contribution in [2.75, 3.05) is 0 Å². The van der Waals surface area contributed by atoms with Gasteiger partial charge in [0.15, 0.2) is 0 Å². The van der Waals surface area contributed by atoms with E-state index in [1.807, 2.05) is 12.1 Å². The van der Waals surface area contributed by atoms with Gasteiger partial charge < -0.3 is 4.85 Å². The fourth-order valence-corrected chi connectivity index (χ4v) is 1.46. The first kappa shape index (κ1) is 6.31. The highest BCUT2D eigenvalue weighted by molar-refractivity contribution is 7.11.